The first-order valence-electron chi connectivity index (χ1n) is 2.38. The minimum Gasteiger partial charge on any atom is -0.483 e. The van der Waals surface area contributed by atoms with Crippen molar-refractivity contribution in [3.05, 3.63) is 12.3 Å². The van der Waals surface area contributed by atoms with Crippen molar-refractivity contribution < 1.29 is 4.74 Å². The molecule has 0 radical (unpaired) electrons. The van der Waals surface area contributed by atoms with E-state index < -0.39 is 0 Å². The van der Waals surface area contributed by atoms with Crippen LogP contribution in [-0.4, -0.2) is 6.23 Å². The van der Waals surface area contributed by atoms with Crippen LogP contribution in [0.4, 0.5) is 0 Å². The highest BCUT2D eigenvalue weighted by Crippen LogP contribution is 2.10. The smallest absolute Gasteiger partial charge is 0.152 e. The Morgan fingerprint density at radius 1 is 1.71 bits per heavy atom. The zero-order valence-corrected chi connectivity index (χ0v) is 4.29. The van der Waals surface area contributed by atoms with Crippen LogP contribution in [0.3, 0.4) is 0 Å². The molecule has 0 aromatic rings. The summed E-state index contributed by atoms with van der Waals surface area (Å²) in [6.07, 6.45) is 3.50. The fraction of sp³-hybridized carbons (Fsp3) is 0.600. The molecule has 2 atom stereocenters. The maximum absolute atomic E-state index is 5.39. The second-order valence-electron chi connectivity index (χ2n) is 1.79. The molecule has 1 heterocycles. The second-order valence-corrected chi connectivity index (χ2v) is 1.79. The molecule has 0 fully saturated rings. The molecule has 2 N–H and O–H groups in total. The molecule has 2 nitrogen and oxygen atoms in total. The fourth-order valence-corrected chi connectivity index (χ4v) is 0.493. The molecule has 1 rings (SSSR count). The highest BCUT2D eigenvalue weighted by atomic mass is 16.5. The van der Waals surface area contributed by atoms with Crippen molar-refractivity contribution in [1.29, 1.82) is 0 Å². The van der Waals surface area contributed by atoms with Crippen molar-refractivity contribution in [2.45, 2.75) is 13.2 Å². The summed E-state index contributed by atoms with van der Waals surface area (Å²) in [5.74, 6) is 0.389. The summed E-state index contributed by atoms with van der Waals surface area (Å²) in [6, 6.07) is 0. The van der Waals surface area contributed by atoms with Crippen molar-refractivity contribution >= 4 is 0 Å². The van der Waals surface area contributed by atoms with Crippen molar-refractivity contribution in [3.63, 3.8) is 0 Å². The summed E-state index contributed by atoms with van der Waals surface area (Å²) >= 11 is 0. The van der Waals surface area contributed by atoms with Crippen molar-refractivity contribution in [2.24, 2.45) is 11.7 Å². The molecule has 40 valence electrons. The van der Waals surface area contributed by atoms with Gasteiger partial charge < -0.3 is 4.74 Å². The zero-order valence-electron chi connectivity index (χ0n) is 4.29. The Hall–Kier alpha value is -0.500. The van der Waals surface area contributed by atoms with Crippen molar-refractivity contribution in [3.8, 4) is 0 Å². The van der Waals surface area contributed by atoms with E-state index in [4.69, 9.17) is 10.5 Å². The van der Waals surface area contributed by atoms with E-state index >= 15 is 0 Å². The lowest BCUT2D eigenvalue weighted by atomic mass is 10.2. The lowest BCUT2D eigenvalue weighted by molar-refractivity contribution is 0.147. The minimum absolute atomic E-state index is 0.0972. The third kappa shape index (κ3) is 0.747. The molecular weight excluding hydrogens is 90.1 g/mol. The molecule has 0 bridgehead atoms. The van der Waals surface area contributed by atoms with E-state index in [1.807, 2.05) is 13.0 Å². The van der Waals surface area contributed by atoms with Crippen LogP contribution in [0, 0.1) is 5.92 Å². The summed E-state index contributed by atoms with van der Waals surface area (Å²) in [5.41, 5.74) is 5.39. The monoisotopic (exact) mass is 99.1 g/mol. The SMILES string of the molecule is C[C@@H]1C=CO[C@H]1N. The summed E-state index contributed by atoms with van der Waals surface area (Å²) in [4.78, 5) is 0. The van der Waals surface area contributed by atoms with E-state index in [1.54, 1.807) is 6.26 Å². The van der Waals surface area contributed by atoms with Gasteiger partial charge in [0.05, 0.1) is 6.26 Å². The Kier molecular flexibility index (Phi) is 1.02. The van der Waals surface area contributed by atoms with Gasteiger partial charge in [-0.2, -0.15) is 0 Å². The molecule has 1 aliphatic heterocycles. The van der Waals surface area contributed by atoms with Gasteiger partial charge in [-0.05, 0) is 6.08 Å². The third-order valence-electron chi connectivity index (χ3n) is 1.14. The van der Waals surface area contributed by atoms with E-state index in [9.17, 15) is 0 Å². The lowest BCUT2D eigenvalue weighted by Crippen LogP contribution is -2.24. The second kappa shape index (κ2) is 1.54. The first-order chi connectivity index (χ1) is 3.30. The van der Waals surface area contributed by atoms with Crippen LogP contribution >= 0.6 is 0 Å². The predicted molar refractivity (Wildman–Crippen MR) is 27.4 cm³/mol. The molecule has 0 unspecified atom stereocenters. The molecule has 0 aromatic heterocycles. The minimum atomic E-state index is -0.0972. The maximum atomic E-state index is 5.39. The number of hydrogen-bond acceptors (Lipinski definition) is 2. The Bertz CT molecular complexity index is 90.1. The summed E-state index contributed by atoms with van der Waals surface area (Å²) in [6.45, 7) is 2.02. The largest absolute Gasteiger partial charge is 0.483 e. The van der Waals surface area contributed by atoms with E-state index in [0.29, 0.717) is 5.92 Å². The lowest BCUT2D eigenvalue weighted by Gasteiger charge is -2.06. The van der Waals surface area contributed by atoms with E-state index in [-0.39, 0.29) is 6.23 Å². The van der Waals surface area contributed by atoms with Gasteiger partial charge >= 0.3 is 0 Å². The molecule has 0 saturated heterocycles. The van der Waals surface area contributed by atoms with Crippen LogP contribution in [0.1, 0.15) is 6.92 Å². The maximum Gasteiger partial charge on any atom is 0.152 e. The fourth-order valence-electron chi connectivity index (χ4n) is 0.493. The normalized spacial score (nSPS) is 38.6. The van der Waals surface area contributed by atoms with Gasteiger partial charge in [0.25, 0.3) is 0 Å². The van der Waals surface area contributed by atoms with Crippen LogP contribution in [0.15, 0.2) is 12.3 Å². The van der Waals surface area contributed by atoms with Gasteiger partial charge in [0.15, 0.2) is 6.23 Å². The first kappa shape index (κ1) is 4.65. The number of hydrogen-bond donors (Lipinski definition) is 1. The summed E-state index contributed by atoms with van der Waals surface area (Å²) in [5, 5.41) is 0. The number of ether oxygens (including phenoxy) is 1. The quantitative estimate of drug-likeness (QED) is 0.478. The highest BCUT2D eigenvalue weighted by Gasteiger charge is 2.13. The van der Waals surface area contributed by atoms with Crippen molar-refractivity contribution in [2.75, 3.05) is 0 Å². The Morgan fingerprint density at radius 3 is 2.57 bits per heavy atom. The average Bonchev–Trinajstić information content (AvgIpc) is 1.91. The Morgan fingerprint density at radius 2 is 2.43 bits per heavy atom. The molecule has 0 aliphatic carbocycles. The predicted octanol–water partition coefficient (Wildman–Crippen LogP) is 0.451. The van der Waals surface area contributed by atoms with Gasteiger partial charge in [-0.25, -0.2) is 0 Å². The highest BCUT2D eigenvalue weighted by molar-refractivity contribution is 4.90. The van der Waals surface area contributed by atoms with Crippen LogP contribution < -0.4 is 5.73 Å². The van der Waals surface area contributed by atoms with Gasteiger partial charge in [0.2, 0.25) is 0 Å². The van der Waals surface area contributed by atoms with Crippen LogP contribution in [0.25, 0.3) is 0 Å². The molecule has 0 aromatic carbocycles. The molecule has 0 saturated carbocycles. The van der Waals surface area contributed by atoms with E-state index in [1.165, 1.54) is 0 Å². The topological polar surface area (TPSA) is 35.2 Å². The summed E-state index contributed by atoms with van der Waals surface area (Å²) < 4.78 is 4.86. The van der Waals surface area contributed by atoms with E-state index in [0.717, 1.165) is 0 Å². The van der Waals surface area contributed by atoms with Gasteiger partial charge in [-0.15, -0.1) is 0 Å². The molecule has 7 heavy (non-hydrogen) atoms. The first-order valence-corrected chi connectivity index (χ1v) is 2.38. The van der Waals surface area contributed by atoms with Crippen LogP contribution in [0.5, 0.6) is 0 Å². The standard InChI is InChI=1S/C5H9NO/c1-4-2-3-7-5(4)6/h2-5H,6H2,1H3/t4-,5-/m1/s1. The molecule has 0 spiro atoms. The van der Waals surface area contributed by atoms with Crippen molar-refractivity contribution in [1.82, 2.24) is 0 Å². The van der Waals surface area contributed by atoms with Gasteiger partial charge in [-0.1, -0.05) is 6.92 Å². The zero-order chi connectivity index (χ0) is 5.28. The van der Waals surface area contributed by atoms with E-state index in [2.05, 4.69) is 0 Å². The van der Waals surface area contributed by atoms with Gasteiger partial charge in [0.1, 0.15) is 0 Å². The average molecular weight is 99.1 g/mol. The van der Waals surface area contributed by atoms with Gasteiger partial charge in [-0.3, -0.25) is 5.73 Å². The molecule has 1 aliphatic rings. The Labute approximate surface area is 43.0 Å². The summed E-state index contributed by atoms with van der Waals surface area (Å²) in [7, 11) is 0. The third-order valence-corrected chi connectivity index (χ3v) is 1.14. The Balaban J connectivity index is 2.45. The molecule has 0 amide bonds. The van der Waals surface area contributed by atoms with Crippen LogP contribution in [0.2, 0.25) is 0 Å². The molecule has 2 heteroatoms. The van der Waals surface area contributed by atoms with Crippen LogP contribution in [-0.2, 0) is 4.74 Å². The molecular formula is C5H9NO. The number of rotatable bonds is 0. The number of nitrogens with two attached hydrogens (primary N) is 1. The van der Waals surface area contributed by atoms with Gasteiger partial charge in [0, 0.05) is 5.92 Å².